The molecule has 1 aromatic rings. The maximum Gasteiger partial charge on any atom is 0.312 e. The Bertz CT molecular complexity index is 478. The first-order valence-corrected chi connectivity index (χ1v) is 5.72. The van der Waals surface area contributed by atoms with E-state index in [9.17, 15) is 14.7 Å². The van der Waals surface area contributed by atoms with Gasteiger partial charge in [0.15, 0.2) is 0 Å². The molecular weight excluding hydrogens is 254 g/mol. The average Bonchev–Trinajstić information content (AvgIpc) is 2.35. The van der Waals surface area contributed by atoms with Crippen LogP contribution in [0.15, 0.2) is 35.9 Å². The highest BCUT2D eigenvalue weighted by Gasteiger charge is 2.24. The molecule has 1 N–H and O–H groups in total. The molecule has 0 atom stereocenters. The van der Waals surface area contributed by atoms with Crippen LogP contribution < -0.4 is 0 Å². The molecular formula is C13H14ClNO3. The zero-order valence-corrected chi connectivity index (χ0v) is 10.9. The van der Waals surface area contributed by atoms with E-state index in [2.05, 4.69) is 0 Å². The zero-order chi connectivity index (χ0) is 13.7. The van der Waals surface area contributed by atoms with Crippen LogP contribution >= 0.6 is 11.6 Å². The Hall–Kier alpha value is -1.65. The quantitative estimate of drug-likeness (QED) is 0.516. The van der Waals surface area contributed by atoms with Crippen molar-refractivity contribution in [1.82, 2.24) is 4.90 Å². The summed E-state index contributed by atoms with van der Waals surface area (Å²) in [6.07, 6.45) is 0. The Morgan fingerprint density at radius 1 is 1.22 bits per heavy atom. The van der Waals surface area contributed by atoms with Crippen molar-refractivity contribution in [3.05, 3.63) is 41.5 Å². The maximum atomic E-state index is 11.6. The number of hydrogen-bond donors (Lipinski definition) is 1. The van der Waals surface area contributed by atoms with E-state index in [1.165, 1.54) is 0 Å². The molecule has 1 rings (SSSR count). The molecule has 96 valence electrons. The third kappa shape index (κ3) is 3.18. The highest BCUT2D eigenvalue weighted by molar-refractivity contribution is 6.81. The topological polar surface area (TPSA) is 57.6 Å². The Balaban J connectivity index is 3.26. The van der Waals surface area contributed by atoms with Crippen molar-refractivity contribution in [3.63, 3.8) is 0 Å². The second kappa shape index (κ2) is 6.33. The van der Waals surface area contributed by atoms with Gasteiger partial charge in [-0.1, -0.05) is 35.9 Å². The number of hydrogen-bond acceptors (Lipinski definition) is 3. The van der Waals surface area contributed by atoms with E-state index in [0.717, 1.165) is 16.0 Å². The van der Waals surface area contributed by atoms with E-state index in [4.69, 9.17) is 11.6 Å². The molecule has 0 heterocycles. The van der Waals surface area contributed by atoms with Gasteiger partial charge in [-0.3, -0.25) is 14.5 Å². The fourth-order valence-corrected chi connectivity index (χ4v) is 1.76. The number of benzene rings is 1. The molecule has 18 heavy (non-hydrogen) atoms. The molecule has 1 aromatic carbocycles. The van der Waals surface area contributed by atoms with E-state index >= 15 is 0 Å². The molecule has 0 saturated heterocycles. The number of nitrogens with zero attached hydrogens (tertiary/aromatic N) is 1. The minimum absolute atomic E-state index is 0.483. The lowest BCUT2D eigenvalue weighted by atomic mass is 10.1. The van der Waals surface area contributed by atoms with E-state index in [1.54, 1.807) is 38.1 Å². The molecule has 0 saturated carbocycles. The first kappa shape index (κ1) is 14.4. The van der Waals surface area contributed by atoms with E-state index in [1.807, 2.05) is 6.07 Å². The Morgan fingerprint density at radius 3 is 2.17 bits per heavy atom. The van der Waals surface area contributed by atoms with Gasteiger partial charge in [-0.2, -0.15) is 0 Å². The van der Waals surface area contributed by atoms with E-state index in [-0.39, 0.29) is 0 Å². The van der Waals surface area contributed by atoms with Crippen LogP contribution in [0.1, 0.15) is 19.4 Å². The molecule has 0 aliphatic carbocycles. The summed E-state index contributed by atoms with van der Waals surface area (Å²) >= 11 is 5.17. The Morgan fingerprint density at radius 2 is 1.78 bits per heavy atom. The number of rotatable bonds is 4. The van der Waals surface area contributed by atoms with Crippen molar-refractivity contribution in [3.8, 4) is 0 Å². The van der Waals surface area contributed by atoms with Crippen LogP contribution in [-0.2, 0) is 9.59 Å². The molecule has 0 aliphatic rings. The van der Waals surface area contributed by atoms with Gasteiger partial charge in [0.25, 0.3) is 0 Å². The van der Waals surface area contributed by atoms with Crippen LogP contribution in [0.3, 0.4) is 0 Å². The smallest absolute Gasteiger partial charge is 0.312 e. The fourth-order valence-electron chi connectivity index (χ4n) is 1.65. The SMILES string of the molecule is CC(C)=C(c1ccccc1)N(CO)C(=O)C(=O)Cl. The largest absolute Gasteiger partial charge is 0.376 e. The van der Waals surface area contributed by atoms with Gasteiger partial charge in [0.05, 0.1) is 5.70 Å². The number of aliphatic hydroxyl groups is 1. The Kier molecular flexibility index (Phi) is 5.07. The van der Waals surface area contributed by atoms with Crippen molar-refractivity contribution in [2.24, 2.45) is 0 Å². The van der Waals surface area contributed by atoms with Crippen molar-refractivity contribution < 1.29 is 14.7 Å². The first-order chi connectivity index (χ1) is 8.49. The first-order valence-electron chi connectivity index (χ1n) is 5.34. The molecule has 0 unspecified atom stereocenters. The van der Waals surface area contributed by atoms with Crippen LogP contribution in [0.5, 0.6) is 0 Å². The molecule has 0 fully saturated rings. The number of amides is 1. The van der Waals surface area contributed by atoms with Gasteiger partial charge in [-0.05, 0) is 31.0 Å². The van der Waals surface area contributed by atoms with Crippen LogP contribution in [0.25, 0.3) is 5.70 Å². The summed E-state index contributed by atoms with van der Waals surface area (Å²) in [7, 11) is 0. The van der Waals surface area contributed by atoms with Crippen molar-refractivity contribution in [2.75, 3.05) is 6.73 Å². The summed E-state index contributed by atoms with van der Waals surface area (Å²) in [5, 5.41) is 8.16. The lowest BCUT2D eigenvalue weighted by Gasteiger charge is -2.23. The normalized spacial score (nSPS) is 9.78. The number of allylic oxidation sites excluding steroid dienone is 1. The summed E-state index contributed by atoms with van der Waals surface area (Å²) in [5.41, 5.74) is 2.01. The van der Waals surface area contributed by atoms with Gasteiger partial charge < -0.3 is 5.11 Å². The fraction of sp³-hybridized carbons (Fsp3) is 0.231. The lowest BCUT2D eigenvalue weighted by Crippen LogP contribution is -2.34. The standard InChI is InChI=1S/C13H14ClNO3/c1-9(2)11(10-6-4-3-5-7-10)15(8-16)13(18)12(14)17/h3-7,16H,8H2,1-2H3. The highest BCUT2D eigenvalue weighted by Crippen LogP contribution is 2.23. The van der Waals surface area contributed by atoms with Gasteiger partial charge in [-0.15, -0.1) is 0 Å². The third-order valence-electron chi connectivity index (χ3n) is 2.35. The van der Waals surface area contributed by atoms with Crippen molar-refractivity contribution >= 4 is 28.4 Å². The molecule has 0 spiro atoms. The predicted molar refractivity (Wildman–Crippen MR) is 69.5 cm³/mol. The molecule has 4 nitrogen and oxygen atoms in total. The van der Waals surface area contributed by atoms with Crippen LogP contribution in [-0.4, -0.2) is 27.9 Å². The minimum Gasteiger partial charge on any atom is -0.376 e. The molecule has 0 aromatic heterocycles. The molecule has 1 amide bonds. The van der Waals surface area contributed by atoms with E-state index < -0.39 is 17.9 Å². The van der Waals surface area contributed by atoms with Gasteiger partial charge in [-0.25, -0.2) is 0 Å². The number of halogens is 1. The number of carbonyl (C=O) groups excluding carboxylic acids is 2. The highest BCUT2D eigenvalue weighted by atomic mass is 35.5. The second-order valence-corrected chi connectivity index (χ2v) is 4.21. The zero-order valence-electron chi connectivity index (χ0n) is 10.2. The van der Waals surface area contributed by atoms with Crippen LogP contribution in [0.4, 0.5) is 0 Å². The predicted octanol–water partition coefficient (Wildman–Crippen LogP) is 1.98. The monoisotopic (exact) mass is 267 g/mol. The van der Waals surface area contributed by atoms with Crippen LogP contribution in [0.2, 0.25) is 0 Å². The van der Waals surface area contributed by atoms with Crippen molar-refractivity contribution in [1.29, 1.82) is 0 Å². The van der Waals surface area contributed by atoms with Crippen molar-refractivity contribution in [2.45, 2.75) is 13.8 Å². The second-order valence-electron chi connectivity index (χ2n) is 3.86. The number of aliphatic hydroxyl groups excluding tert-OH is 1. The van der Waals surface area contributed by atoms with Crippen LogP contribution in [0, 0.1) is 0 Å². The van der Waals surface area contributed by atoms with Gasteiger partial charge in [0, 0.05) is 0 Å². The van der Waals surface area contributed by atoms with Gasteiger partial charge in [0.2, 0.25) is 0 Å². The van der Waals surface area contributed by atoms with Gasteiger partial charge in [0.1, 0.15) is 6.73 Å². The van der Waals surface area contributed by atoms with E-state index in [0.29, 0.717) is 5.70 Å². The summed E-state index contributed by atoms with van der Waals surface area (Å²) < 4.78 is 0. The van der Waals surface area contributed by atoms with Gasteiger partial charge >= 0.3 is 11.1 Å². The molecule has 5 heteroatoms. The summed E-state index contributed by atoms with van der Waals surface area (Å²) in [6, 6.07) is 9.03. The summed E-state index contributed by atoms with van der Waals surface area (Å²) in [6.45, 7) is 2.97. The average molecular weight is 268 g/mol. The Labute approximate surface area is 110 Å². The molecule has 0 bridgehead atoms. The summed E-state index contributed by atoms with van der Waals surface area (Å²) in [5.74, 6) is -0.945. The minimum atomic E-state index is -1.13. The number of carbonyl (C=O) groups is 2. The maximum absolute atomic E-state index is 11.6. The lowest BCUT2D eigenvalue weighted by molar-refractivity contribution is -0.140. The molecule has 0 radical (unpaired) electrons. The summed E-state index contributed by atoms with van der Waals surface area (Å²) in [4.78, 5) is 23.5. The molecule has 0 aliphatic heterocycles. The third-order valence-corrected chi connectivity index (χ3v) is 2.51.